The molecule has 19 heavy (non-hydrogen) atoms. The Kier molecular flexibility index (Phi) is 4.04. The maximum Gasteiger partial charge on any atom is 0.259 e. The van der Waals surface area contributed by atoms with Crippen molar-refractivity contribution in [3.63, 3.8) is 0 Å². The molecule has 5 nitrogen and oxygen atoms in total. The molecule has 2 N–H and O–H groups in total. The van der Waals surface area contributed by atoms with E-state index in [1.54, 1.807) is 15.7 Å². The van der Waals surface area contributed by atoms with Crippen LogP contribution in [0.2, 0.25) is 0 Å². The number of amides is 1. The Morgan fingerprint density at radius 1 is 1.47 bits per heavy atom. The second-order valence-electron chi connectivity index (χ2n) is 5.19. The molecule has 5 heteroatoms. The maximum absolute atomic E-state index is 12.5. The van der Waals surface area contributed by atoms with Crippen LogP contribution in [0.3, 0.4) is 0 Å². The largest absolute Gasteiger partial charge is 0.354 e. The van der Waals surface area contributed by atoms with E-state index >= 15 is 0 Å². The number of piperidine rings is 1. The first-order chi connectivity index (χ1) is 9.04. The average molecular weight is 263 g/mol. The quantitative estimate of drug-likeness (QED) is 0.851. The Labute approximate surface area is 113 Å². The minimum absolute atomic E-state index is 0.0623. The summed E-state index contributed by atoms with van der Waals surface area (Å²) in [5.74, 6) is -0.184. The summed E-state index contributed by atoms with van der Waals surface area (Å²) in [5.41, 5.74) is 6.60. The molecule has 104 valence electrons. The monoisotopic (exact) mass is 263 g/mol. The predicted octanol–water partition coefficient (Wildman–Crippen LogP) is 0.647. The first-order valence-corrected chi connectivity index (χ1v) is 6.73. The van der Waals surface area contributed by atoms with Gasteiger partial charge in [-0.15, -0.1) is 0 Å². The van der Waals surface area contributed by atoms with Crippen LogP contribution in [-0.2, 0) is 7.05 Å². The van der Waals surface area contributed by atoms with Crippen LogP contribution in [0.5, 0.6) is 0 Å². The van der Waals surface area contributed by atoms with Gasteiger partial charge in [0.2, 0.25) is 0 Å². The number of hydrogen-bond donors (Lipinski definition) is 1. The highest BCUT2D eigenvalue weighted by Gasteiger charge is 2.27. The minimum Gasteiger partial charge on any atom is -0.354 e. The molecule has 0 aromatic carbocycles. The second-order valence-corrected chi connectivity index (χ2v) is 5.19. The summed E-state index contributed by atoms with van der Waals surface area (Å²) in [6.07, 6.45) is 4.63. The highest BCUT2D eigenvalue weighted by Crippen LogP contribution is 2.18. The first kappa shape index (κ1) is 13.8. The van der Waals surface area contributed by atoms with Gasteiger partial charge in [-0.1, -0.05) is 0 Å². The molecule has 1 atom stereocenters. The number of aromatic nitrogens is 1. The van der Waals surface area contributed by atoms with Crippen molar-refractivity contribution in [3.05, 3.63) is 33.7 Å². The molecule has 1 amide bonds. The number of hydrogen-bond acceptors (Lipinski definition) is 3. The van der Waals surface area contributed by atoms with Crippen LogP contribution in [-0.4, -0.2) is 34.5 Å². The Balaban J connectivity index is 2.33. The SMILES string of the molecule is Cc1cc(=O)c(C(=O)N2CCCC[C@H]2CN)cn1C. The third-order valence-electron chi connectivity index (χ3n) is 3.88. The summed E-state index contributed by atoms with van der Waals surface area (Å²) in [7, 11) is 1.84. The molecule has 0 unspecified atom stereocenters. The molecule has 2 rings (SSSR count). The van der Waals surface area contributed by atoms with E-state index in [9.17, 15) is 9.59 Å². The molecule has 2 heterocycles. The van der Waals surface area contributed by atoms with Crippen molar-refractivity contribution in [1.82, 2.24) is 9.47 Å². The van der Waals surface area contributed by atoms with Gasteiger partial charge in [-0.3, -0.25) is 9.59 Å². The predicted molar refractivity (Wildman–Crippen MR) is 74.1 cm³/mol. The van der Waals surface area contributed by atoms with Crippen LogP contribution in [0.25, 0.3) is 0 Å². The standard InChI is InChI=1S/C14H21N3O2/c1-10-7-13(18)12(9-16(10)2)14(19)17-6-4-3-5-11(17)8-15/h7,9,11H,3-6,8,15H2,1-2H3/t11-/m0/s1. The lowest BCUT2D eigenvalue weighted by Crippen LogP contribution is -2.48. The van der Waals surface area contributed by atoms with Crippen LogP contribution < -0.4 is 11.2 Å². The van der Waals surface area contributed by atoms with Crippen molar-refractivity contribution in [2.24, 2.45) is 12.8 Å². The minimum atomic E-state index is -0.207. The lowest BCUT2D eigenvalue weighted by atomic mass is 10.0. The van der Waals surface area contributed by atoms with E-state index in [0.29, 0.717) is 13.1 Å². The highest BCUT2D eigenvalue weighted by molar-refractivity contribution is 5.94. The molecular formula is C14H21N3O2. The summed E-state index contributed by atoms with van der Waals surface area (Å²) in [6, 6.07) is 1.57. The van der Waals surface area contributed by atoms with E-state index < -0.39 is 0 Å². The number of rotatable bonds is 2. The number of nitrogens with zero attached hydrogens (tertiary/aromatic N) is 2. The zero-order chi connectivity index (χ0) is 14.0. The molecule has 1 aromatic heterocycles. The molecule has 0 spiro atoms. The fourth-order valence-corrected chi connectivity index (χ4v) is 2.56. The molecule has 0 saturated carbocycles. The van der Waals surface area contributed by atoms with Crippen molar-refractivity contribution in [2.45, 2.75) is 32.2 Å². The van der Waals surface area contributed by atoms with Gasteiger partial charge >= 0.3 is 0 Å². The third kappa shape index (κ3) is 2.71. The number of aryl methyl sites for hydroxylation is 2. The van der Waals surface area contributed by atoms with Crippen molar-refractivity contribution < 1.29 is 4.79 Å². The summed E-state index contributed by atoms with van der Waals surface area (Å²) in [4.78, 5) is 26.2. The summed E-state index contributed by atoms with van der Waals surface area (Å²) in [6.45, 7) is 2.99. The van der Waals surface area contributed by atoms with Gasteiger partial charge in [0, 0.05) is 44.1 Å². The number of likely N-dealkylation sites (tertiary alicyclic amines) is 1. The molecule has 1 saturated heterocycles. The lowest BCUT2D eigenvalue weighted by Gasteiger charge is -2.35. The van der Waals surface area contributed by atoms with Crippen LogP contribution in [0.15, 0.2) is 17.1 Å². The third-order valence-corrected chi connectivity index (χ3v) is 3.88. The van der Waals surface area contributed by atoms with Gasteiger partial charge in [0.05, 0.1) is 0 Å². The average Bonchev–Trinajstić information content (AvgIpc) is 2.42. The molecule has 0 bridgehead atoms. The van der Waals surface area contributed by atoms with Crippen molar-refractivity contribution in [3.8, 4) is 0 Å². The number of carbonyl (C=O) groups is 1. The van der Waals surface area contributed by atoms with Gasteiger partial charge in [-0.05, 0) is 26.2 Å². The van der Waals surface area contributed by atoms with Crippen molar-refractivity contribution >= 4 is 5.91 Å². The Bertz CT molecular complexity index is 536. The molecule has 0 radical (unpaired) electrons. The summed E-state index contributed by atoms with van der Waals surface area (Å²) >= 11 is 0. The molecule has 1 aliphatic rings. The van der Waals surface area contributed by atoms with E-state index in [2.05, 4.69) is 0 Å². The Morgan fingerprint density at radius 3 is 2.89 bits per heavy atom. The second kappa shape index (κ2) is 5.57. The van der Waals surface area contributed by atoms with Crippen molar-refractivity contribution in [1.29, 1.82) is 0 Å². The van der Waals surface area contributed by atoms with Crippen LogP contribution >= 0.6 is 0 Å². The normalized spacial score (nSPS) is 19.5. The smallest absolute Gasteiger partial charge is 0.259 e. The zero-order valence-corrected chi connectivity index (χ0v) is 11.6. The highest BCUT2D eigenvalue weighted by atomic mass is 16.2. The van der Waals surface area contributed by atoms with Gasteiger partial charge in [0.25, 0.3) is 5.91 Å². The molecular weight excluding hydrogens is 242 g/mol. The fraction of sp³-hybridized carbons (Fsp3) is 0.571. The topological polar surface area (TPSA) is 68.3 Å². The van der Waals surface area contributed by atoms with Gasteiger partial charge in [-0.25, -0.2) is 0 Å². The van der Waals surface area contributed by atoms with Crippen LogP contribution in [0, 0.1) is 6.92 Å². The van der Waals surface area contributed by atoms with Crippen LogP contribution in [0.1, 0.15) is 35.3 Å². The Morgan fingerprint density at radius 2 is 2.21 bits per heavy atom. The van der Waals surface area contributed by atoms with Crippen molar-refractivity contribution in [2.75, 3.05) is 13.1 Å². The van der Waals surface area contributed by atoms with E-state index in [1.165, 1.54) is 6.07 Å². The van der Waals surface area contributed by atoms with E-state index in [4.69, 9.17) is 5.73 Å². The van der Waals surface area contributed by atoms with Gasteiger partial charge in [0.15, 0.2) is 5.43 Å². The summed E-state index contributed by atoms with van der Waals surface area (Å²) < 4.78 is 1.80. The van der Waals surface area contributed by atoms with E-state index in [0.717, 1.165) is 25.0 Å². The van der Waals surface area contributed by atoms with E-state index in [1.807, 2.05) is 14.0 Å². The zero-order valence-electron chi connectivity index (χ0n) is 11.6. The lowest BCUT2D eigenvalue weighted by molar-refractivity contribution is 0.0621. The fourth-order valence-electron chi connectivity index (χ4n) is 2.56. The van der Waals surface area contributed by atoms with Gasteiger partial charge in [-0.2, -0.15) is 0 Å². The number of carbonyl (C=O) groups excluding carboxylic acids is 1. The molecule has 0 aliphatic carbocycles. The summed E-state index contributed by atoms with van der Waals surface area (Å²) in [5, 5.41) is 0. The maximum atomic E-state index is 12.5. The first-order valence-electron chi connectivity index (χ1n) is 6.73. The molecule has 1 fully saturated rings. The van der Waals surface area contributed by atoms with Gasteiger partial charge in [0.1, 0.15) is 5.56 Å². The van der Waals surface area contributed by atoms with Crippen LogP contribution in [0.4, 0.5) is 0 Å². The molecule has 1 aromatic rings. The van der Waals surface area contributed by atoms with Gasteiger partial charge < -0.3 is 15.2 Å². The molecule has 1 aliphatic heterocycles. The number of nitrogens with two attached hydrogens (primary N) is 1. The van der Waals surface area contributed by atoms with E-state index in [-0.39, 0.29) is 22.9 Å². The Hall–Kier alpha value is -1.62. The number of pyridine rings is 1.